The standard InChI is InChI=1S/C10H9F3N4/c11-10(12,13)9(1-2-9)5-17-8-7(4-16-17)3-14-6-15-8/h3-4,6H,1-2,5H2. The summed E-state index contributed by atoms with van der Waals surface area (Å²) in [6.07, 6.45) is 0.513. The SMILES string of the molecule is FC(F)(F)C1(Cn2ncc3cncnc32)CC1. The summed E-state index contributed by atoms with van der Waals surface area (Å²) in [5.41, 5.74) is -1.15. The summed E-state index contributed by atoms with van der Waals surface area (Å²) >= 11 is 0. The van der Waals surface area contributed by atoms with Crippen molar-refractivity contribution >= 4 is 11.0 Å². The average Bonchev–Trinajstić information content (AvgIpc) is 2.95. The van der Waals surface area contributed by atoms with Gasteiger partial charge in [-0.2, -0.15) is 18.3 Å². The molecule has 4 nitrogen and oxygen atoms in total. The third-order valence-electron chi connectivity index (χ3n) is 3.21. The van der Waals surface area contributed by atoms with Crippen LogP contribution in [0.3, 0.4) is 0 Å². The predicted molar refractivity (Wildman–Crippen MR) is 53.0 cm³/mol. The van der Waals surface area contributed by atoms with E-state index in [4.69, 9.17) is 0 Å². The van der Waals surface area contributed by atoms with Crippen LogP contribution in [0.25, 0.3) is 11.0 Å². The Hall–Kier alpha value is -1.66. The summed E-state index contributed by atoms with van der Waals surface area (Å²) in [6, 6.07) is 0. The van der Waals surface area contributed by atoms with Crippen LogP contribution < -0.4 is 0 Å². The highest BCUT2D eigenvalue weighted by Gasteiger charge is 2.63. The molecule has 17 heavy (non-hydrogen) atoms. The Bertz CT molecular complexity index is 556. The summed E-state index contributed by atoms with van der Waals surface area (Å²) in [6.45, 7) is -0.156. The van der Waals surface area contributed by atoms with E-state index in [1.54, 1.807) is 6.20 Å². The maximum Gasteiger partial charge on any atom is 0.396 e. The van der Waals surface area contributed by atoms with Crippen LogP contribution in [0.15, 0.2) is 18.7 Å². The van der Waals surface area contributed by atoms with Crippen LogP contribution in [0.4, 0.5) is 13.2 Å². The molecule has 0 aliphatic heterocycles. The average molecular weight is 242 g/mol. The molecule has 0 N–H and O–H groups in total. The maximum atomic E-state index is 12.8. The van der Waals surface area contributed by atoms with Crippen LogP contribution >= 0.6 is 0 Å². The Kier molecular flexibility index (Phi) is 1.96. The van der Waals surface area contributed by atoms with Gasteiger partial charge in [0, 0.05) is 6.20 Å². The minimum atomic E-state index is -4.17. The molecule has 1 aliphatic carbocycles. The van der Waals surface area contributed by atoms with Gasteiger partial charge in [-0.05, 0) is 12.8 Å². The highest BCUT2D eigenvalue weighted by Crippen LogP contribution is 2.58. The molecule has 2 aromatic heterocycles. The third-order valence-corrected chi connectivity index (χ3v) is 3.21. The second kappa shape index (κ2) is 3.18. The number of aromatic nitrogens is 4. The molecule has 0 bridgehead atoms. The maximum absolute atomic E-state index is 12.8. The lowest BCUT2D eigenvalue weighted by molar-refractivity contribution is -0.191. The Labute approximate surface area is 94.5 Å². The van der Waals surface area contributed by atoms with Gasteiger partial charge in [-0.1, -0.05) is 0 Å². The van der Waals surface area contributed by atoms with Crippen molar-refractivity contribution in [2.45, 2.75) is 25.6 Å². The Morgan fingerprint density at radius 3 is 2.71 bits per heavy atom. The van der Waals surface area contributed by atoms with E-state index in [0.29, 0.717) is 11.0 Å². The van der Waals surface area contributed by atoms with E-state index in [0.717, 1.165) is 0 Å². The van der Waals surface area contributed by atoms with E-state index in [1.165, 1.54) is 17.2 Å². The fraction of sp³-hybridized carbons (Fsp3) is 0.500. The Balaban J connectivity index is 1.96. The Morgan fingerprint density at radius 2 is 2.06 bits per heavy atom. The molecule has 0 amide bonds. The van der Waals surface area contributed by atoms with E-state index in [-0.39, 0.29) is 19.4 Å². The monoisotopic (exact) mass is 242 g/mol. The Morgan fingerprint density at radius 1 is 1.29 bits per heavy atom. The first kappa shape index (κ1) is 10.5. The number of fused-ring (bicyclic) bond motifs is 1. The van der Waals surface area contributed by atoms with Crippen LogP contribution in [0.1, 0.15) is 12.8 Å². The lowest BCUT2D eigenvalue weighted by Crippen LogP contribution is -2.29. The van der Waals surface area contributed by atoms with Crippen molar-refractivity contribution in [3.63, 3.8) is 0 Å². The van der Waals surface area contributed by atoms with Gasteiger partial charge in [-0.25, -0.2) is 14.6 Å². The summed E-state index contributed by atoms with van der Waals surface area (Å²) in [5.74, 6) is 0. The second-order valence-corrected chi connectivity index (χ2v) is 4.38. The summed E-state index contributed by atoms with van der Waals surface area (Å²) in [4.78, 5) is 7.76. The number of halogens is 3. The molecule has 0 saturated heterocycles. The third kappa shape index (κ3) is 1.57. The molecular weight excluding hydrogens is 233 g/mol. The number of rotatable bonds is 2. The molecule has 1 fully saturated rings. The zero-order chi connectivity index (χ0) is 12.1. The second-order valence-electron chi connectivity index (χ2n) is 4.38. The fourth-order valence-electron chi connectivity index (χ4n) is 1.91. The zero-order valence-corrected chi connectivity index (χ0v) is 8.78. The first-order chi connectivity index (χ1) is 8.02. The van der Waals surface area contributed by atoms with E-state index in [9.17, 15) is 13.2 Å². The molecular formula is C10H9F3N4. The molecule has 1 aliphatic rings. The van der Waals surface area contributed by atoms with Crippen LogP contribution in [-0.2, 0) is 6.54 Å². The van der Waals surface area contributed by atoms with Gasteiger partial charge >= 0.3 is 6.18 Å². The molecule has 0 spiro atoms. The van der Waals surface area contributed by atoms with Gasteiger partial charge in [0.1, 0.15) is 6.33 Å². The smallest absolute Gasteiger partial charge is 0.246 e. The number of alkyl halides is 3. The van der Waals surface area contributed by atoms with Crippen molar-refractivity contribution in [3.8, 4) is 0 Å². The highest BCUT2D eigenvalue weighted by atomic mass is 19.4. The molecule has 0 atom stereocenters. The molecule has 3 rings (SSSR count). The van der Waals surface area contributed by atoms with Crippen molar-refractivity contribution < 1.29 is 13.2 Å². The number of nitrogens with zero attached hydrogens (tertiary/aromatic N) is 4. The van der Waals surface area contributed by atoms with Crippen molar-refractivity contribution in [1.29, 1.82) is 0 Å². The number of hydrogen-bond donors (Lipinski definition) is 0. The van der Waals surface area contributed by atoms with Gasteiger partial charge in [0.05, 0.1) is 23.5 Å². The summed E-state index contributed by atoms with van der Waals surface area (Å²) in [7, 11) is 0. The van der Waals surface area contributed by atoms with E-state index in [1.807, 2.05) is 0 Å². The molecule has 7 heteroatoms. The quantitative estimate of drug-likeness (QED) is 0.810. The van der Waals surface area contributed by atoms with Crippen LogP contribution in [0.2, 0.25) is 0 Å². The predicted octanol–water partition coefficient (Wildman–Crippen LogP) is 2.17. The fourth-order valence-corrected chi connectivity index (χ4v) is 1.91. The molecule has 0 aromatic carbocycles. The van der Waals surface area contributed by atoms with Gasteiger partial charge < -0.3 is 0 Å². The summed E-state index contributed by atoms with van der Waals surface area (Å²) < 4.78 is 39.8. The molecule has 0 unspecified atom stereocenters. The first-order valence-electron chi connectivity index (χ1n) is 5.20. The highest BCUT2D eigenvalue weighted by molar-refractivity contribution is 5.72. The summed E-state index contributed by atoms with van der Waals surface area (Å²) in [5, 5.41) is 4.61. The van der Waals surface area contributed by atoms with Crippen molar-refractivity contribution in [2.24, 2.45) is 5.41 Å². The van der Waals surface area contributed by atoms with E-state index in [2.05, 4.69) is 15.1 Å². The number of hydrogen-bond acceptors (Lipinski definition) is 3. The van der Waals surface area contributed by atoms with Gasteiger partial charge in [-0.15, -0.1) is 0 Å². The lowest BCUT2D eigenvalue weighted by atomic mass is 10.1. The topological polar surface area (TPSA) is 43.6 Å². The van der Waals surface area contributed by atoms with Crippen molar-refractivity contribution in [1.82, 2.24) is 19.7 Å². The van der Waals surface area contributed by atoms with Gasteiger partial charge in [-0.3, -0.25) is 0 Å². The van der Waals surface area contributed by atoms with Gasteiger partial charge in [0.2, 0.25) is 0 Å². The minimum Gasteiger partial charge on any atom is -0.246 e. The molecule has 1 saturated carbocycles. The molecule has 2 heterocycles. The minimum absolute atomic E-state index is 0.156. The van der Waals surface area contributed by atoms with Crippen LogP contribution in [-0.4, -0.2) is 25.9 Å². The normalized spacial score (nSPS) is 18.5. The largest absolute Gasteiger partial charge is 0.396 e. The van der Waals surface area contributed by atoms with Gasteiger partial charge in [0.15, 0.2) is 5.65 Å². The lowest BCUT2D eigenvalue weighted by Gasteiger charge is -2.18. The molecule has 0 radical (unpaired) electrons. The van der Waals surface area contributed by atoms with Crippen molar-refractivity contribution in [2.75, 3.05) is 0 Å². The first-order valence-corrected chi connectivity index (χ1v) is 5.20. The molecule has 90 valence electrons. The zero-order valence-electron chi connectivity index (χ0n) is 8.78. The molecule has 2 aromatic rings. The van der Waals surface area contributed by atoms with Crippen LogP contribution in [0.5, 0.6) is 0 Å². The van der Waals surface area contributed by atoms with Crippen LogP contribution in [0, 0.1) is 5.41 Å². The van der Waals surface area contributed by atoms with Gasteiger partial charge in [0.25, 0.3) is 0 Å². The van der Waals surface area contributed by atoms with E-state index >= 15 is 0 Å². The van der Waals surface area contributed by atoms with Crippen molar-refractivity contribution in [3.05, 3.63) is 18.7 Å². The van der Waals surface area contributed by atoms with E-state index < -0.39 is 11.6 Å².